The Morgan fingerprint density at radius 1 is 1.00 bits per heavy atom. The molecule has 1 fully saturated rings. The van der Waals surface area contributed by atoms with Crippen molar-refractivity contribution in [2.45, 2.75) is 13.3 Å². The summed E-state index contributed by atoms with van der Waals surface area (Å²) < 4.78 is 5.74. The lowest BCUT2D eigenvalue weighted by Gasteiger charge is -2.36. The average Bonchev–Trinajstić information content (AvgIpc) is 2.70. The second-order valence-corrected chi connectivity index (χ2v) is 6.75. The van der Waals surface area contributed by atoms with Gasteiger partial charge in [0.05, 0.1) is 18.8 Å². The van der Waals surface area contributed by atoms with Crippen molar-refractivity contribution in [2.24, 2.45) is 0 Å². The first-order valence-corrected chi connectivity index (χ1v) is 9.76. The molecule has 1 heterocycles. The van der Waals surface area contributed by atoms with Gasteiger partial charge >= 0.3 is 0 Å². The summed E-state index contributed by atoms with van der Waals surface area (Å²) in [6, 6.07) is 18.4. The molecular formula is C22H29N3O2. The van der Waals surface area contributed by atoms with Crippen molar-refractivity contribution >= 4 is 11.6 Å². The SMILES string of the molecule is CCOc1ccccc1N1CCN(CC(=O)NCCc2ccccc2)CC1. The molecule has 0 saturated carbocycles. The number of rotatable bonds is 8. The summed E-state index contributed by atoms with van der Waals surface area (Å²) >= 11 is 0. The summed E-state index contributed by atoms with van der Waals surface area (Å²) in [4.78, 5) is 16.8. The van der Waals surface area contributed by atoms with Crippen LogP contribution in [-0.2, 0) is 11.2 Å². The van der Waals surface area contributed by atoms with E-state index < -0.39 is 0 Å². The Bertz CT molecular complexity index is 713. The van der Waals surface area contributed by atoms with Gasteiger partial charge in [0, 0.05) is 32.7 Å². The van der Waals surface area contributed by atoms with Gasteiger partial charge in [-0.15, -0.1) is 0 Å². The number of carbonyl (C=O) groups is 1. The van der Waals surface area contributed by atoms with Crippen LogP contribution in [-0.4, -0.2) is 56.7 Å². The minimum absolute atomic E-state index is 0.106. The first-order valence-electron chi connectivity index (χ1n) is 9.76. The Hall–Kier alpha value is -2.53. The van der Waals surface area contributed by atoms with E-state index in [9.17, 15) is 4.79 Å². The molecule has 144 valence electrons. The molecule has 1 N–H and O–H groups in total. The number of ether oxygens (including phenoxy) is 1. The van der Waals surface area contributed by atoms with Crippen LogP contribution < -0.4 is 15.0 Å². The molecular weight excluding hydrogens is 338 g/mol. The highest BCUT2D eigenvalue weighted by atomic mass is 16.5. The number of nitrogens with one attached hydrogen (secondary N) is 1. The monoisotopic (exact) mass is 367 g/mol. The maximum atomic E-state index is 12.2. The van der Waals surface area contributed by atoms with Crippen LogP contribution in [0.3, 0.4) is 0 Å². The molecule has 0 radical (unpaired) electrons. The summed E-state index contributed by atoms with van der Waals surface area (Å²) in [5.41, 5.74) is 2.39. The van der Waals surface area contributed by atoms with Crippen molar-refractivity contribution in [2.75, 3.05) is 50.8 Å². The van der Waals surface area contributed by atoms with Crippen molar-refractivity contribution in [3.8, 4) is 5.75 Å². The highest BCUT2D eigenvalue weighted by molar-refractivity contribution is 5.78. The van der Waals surface area contributed by atoms with Crippen LogP contribution >= 0.6 is 0 Å². The molecule has 5 heteroatoms. The van der Waals surface area contributed by atoms with E-state index in [1.54, 1.807) is 0 Å². The van der Waals surface area contributed by atoms with Gasteiger partial charge in [0.25, 0.3) is 0 Å². The number of anilines is 1. The van der Waals surface area contributed by atoms with E-state index in [0.717, 1.165) is 44.0 Å². The number of hydrogen-bond donors (Lipinski definition) is 1. The fourth-order valence-electron chi connectivity index (χ4n) is 3.39. The lowest BCUT2D eigenvalue weighted by atomic mass is 10.1. The van der Waals surface area contributed by atoms with E-state index in [0.29, 0.717) is 19.7 Å². The van der Waals surface area contributed by atoms with Gasteiger partial charge in [0.15, 0.2) is 0 Å². The Labute approximate surface area is 161 Å². The summed E-state index contributed by atoms with van der Waals surface area (Å²) in [6.07, 6.45) is 0.870. The third-order valence-corrected chi connectivity index (χ3v) is 4.82. The van der Waals surface area contributed by atoms with Crippen molar-refractivity contribution in [1.29, 1.82) is 0 Å². The molecule has 2 aromatic carbocycles. The van der Waals surface area contributed by atoms with Gasteiger partial charge in [-0.25, -0.2) is 0 Å². The van der Waals surface area contributed by atoms with Gasteiger partial charge in [-0.05, 0) is 31.0 Å². The van der Waals surface area contributed by atoms with E-state index in [2.05, 4.69) is 33.3 Å². The standard InChI is InChI=1S/C22H29N3O2/c1-2-27-21-11-7-6-10-20(21)25-16-14-24(15-17-25)18-22(26)23-13-12-19-8-4-3-5-9-19/h3-11H,2,12-18H2,1H3,(H,23,26). The number of amides is 1. The van der Waals surface area contributed by atoms with E-state index in [1.807, 2.05) is 43.3 Å². The summed E-state index contributed by atoms with van der Waals surface area (Å²) in [6.45, 7) is 7.40. The number of nitrogens with zero attached hydrogens (tertiary/aromatic N) is 2. The quantitative estimate of drug-likeness (QED) is 0.779. The summed E-state index contributed by atoms with van der Waals surface area (Å²) in [7, 11) is 0. The van der Waals surface area contributed by atoms with Gasteiger partial charge < -0.3 is 15.0 Å². The van der Waals surface area contributed by atoms with Crippen LogP contribution in [0.1, 0.15) is 12.5 Å². The highest BCUT2D eigenvalue weighted by Crippen LogP contribution is 2.28. The predicted molar refractivity (Wildman–Crippen MR) is 109 cm³/mol. The summed E-state index contributed by atoms with van der Waals surface area (Å²) in [5, 5.41) is 3.03. The molecule has 0 aromatic heterocycles. The average molecular weight is 367 g/mol. The zero-order valence-electron chi connectivity index (χ0n) is 16.1. The van der Waals surface area contributed by atoms with Crippen LogP contribution in [0.5, 0.6) is 5.75 Å². The van der Waals surface area contributed by atoms with Crippen molar-refractivity contribution < 1.29 is 9.53 Å². The molecule has 1 amide bonds. The Kier molecular flexibility index (Phi) is 7.11. The predicted octanol–water partition coefficient (Wildman–Crippen LogP) is 2.57. The Balaban J connectivity index is 1.41. The first kappa shape index (κ1) is 19.2. The van der Waals surface area contributed by atoms with Crippen molar-refractivity contribution in [3.63, 3.8) is 0 Å². The number of hydrogen-bond acceptors (Lipinski definition) is 4. The molecule has 3 rings (SSSR count). The Morgan fingerprint density at radius 3 is 2.44 bits per heavy atom. The molecule has 0 bridgehead atoms. The topological polar surface area (TPSA) is 44.8 Å². The Morgan fingerprint density at radius 2 is 1.70 bits per heavy atom. The maximum absolute atomic E-state index is 12.2. The number of piperazine rings is 1. The van der Waals surface area contributed by atoms with E-state index >= 15 is 0 Å². The van der Waals surface area contributed by atoms with E-state index in [-0.39, 0.29) is 5.91 Å². The number of para-hydroxylation sites is 2. The maximum Gasteiger partial charge on any atom is 0.234 e. The molecule has 5 nitrogen and oxygen atoms in total. The van der Waals surface area contributed by atoms with Gasteiger partial charge in [-0.3, -0.25) is 9.69 Å². The van der Waals surface area contributed by atoms with Gasteiger partial charge in [0.1, 0.15) is 5.75 Å². The van der Waals surface area contributed by atoms with Crippen LogP contribution in [0.2, 0.25) is 0 Å². The second-order valence-electron chi connectivity index (χ2n) is 6.75. The van der Waals surface area contributed by atoms with Gasteiger partial charge in [-0.1, -0.05) is 42.5 Å². The van der Waals surface area contributed by atoms with E-state index in [1.165, 1.54) is 5.56 Å². The molecule has 27 heavy (non-hydrogen) atoms. The van der Waals surface area contributed by atoms with Crippen molar-refractivity contribution in [3.05, 3.63) is 60.2 Å². The lowest BCUT2D eigenvalue weighted by Crippen LogP contribution is -2.49. The minimum Gasteiger partial charge on any atom is -0.492 e. The normalized spacial score (nSPS) is 14.8. The number of carbonyl (C=O) groups excluding carboxylic acids is 1. The fourth-order valence-corrected chi connectivity index (χ4v) is 3.39. The molecule has 1 saturated heterocycles. The fraction of sp³-hybridized carbons (Fsp3) is 0.409. The number of benzene rings is 2. The van der Waals surface area contributed by atoms with Crippen LogP contribution in [0, 0.1) is 0 Å². The second kappa shape index (κ2) is 9.97. The largest absolute Gasteiger partial charge is 0.492 e. The third-order valence-electron chi connectivity index (χ3n) is 4.82. The van der Waals surface area contributed by atoms with Gasteiger partial charge in [0.2, 0.25) is 5.91 Å². The van der Waals surface area contributed by atoms with Gasteiger partial charge in [-0.2, -0.15) is 0 Å². The smallest absolute Gasteiger partial charge is 0.234 e. The van der Waals surface area contributed by atoms with Crippen LogP contribution in [0.4, 0.5) is 5.69 Å². The molecule has 0 unspecified atom stereocenters. The highest BCUT2D eigenvalue weighted by Gasteiger charge is 2.21. The van der Waals surface area contributed by atoms with Crippen LogP contribution in [0.15, 0.2) is 54.6 Å². The molecule has 0 atom stereocenters. The molecule has 0 aliphatic carbocycles. The summed E-state index contributed by atoms with van der Waals surface area (Å²) in [5.74, 6) is 1.04. The minimum atomic E-state index is 0.106. The third kappa shape index (κ3) is 5.73. The zero-order valence-corrected chi connectivity index (χ0v) is 16.1. The van der Waals surface area contributed by atoms with Crippen molar-refractivity contribution in [1.82, 2.24) is 10.2 Å². The van der Waals surface area contributed by atoms with Crippen LogP contribution in [0.25, 0.3) is 0 Å². The molecule has 0 spiro atoms. The zero-order chi connectivity index (χ0) is 18.9. The molecule has 1 aliphatic heterocycles. The molecule has 2 aromatic rings. The first-order chi connectivity index (χ1) is 13.3. The van der Waals surface area contributed by atoms with E-state index in [4.69, 9.17) is 4.74 Å². The molecule has 1 aliphatic rings. The lowest BCUT2D eigenvalue weighted by molar-refractivity contribution is -0.122.